The van der Waals surface area contributed by atoms with Crippen molar-refractivity contribution in [2.75, 3.05) is 37.6 Å². The summed E-state index contributed by atoms with van der Waals surface area (Å²) in [5.41, 5.74) is 2.90. The van der Waals surface area contributed by atoms with Gasteiger partial charge >= 0.3 is 0 Å². The molecule has 2 aliphatic rings. The lowest BCUT2D eigenvalue weighted by Gasteiger charge is -2.36. The number of carbonyl (C=O) groups is 1. The zero-order valence-electron chi connectivity index (χ0n) is 19.1. The third-order valence-electron chi connectivity index (χ3n) is 6.62. The largest absolute Gasteiger partial charge is 0.384 e. The molecule has 2 aromatic rings. The van der Waals surface area contributed by atoms with Crippen LogP contribution in [0.3, 0.4) is 0 Å². The van der Waals surface area contributed by atoms with Crippen molar-refractivity contribution in [2.24, 2.45) is 0 Å². The molecular formula is C25H33N3O4S. The van der Waals surface area contributed by atoms with E-state index in [2.05, 4.69) is 4.90 Å². The summed E-state index contributed by atoms with van der Waals surface area (Å²) in [5, 5.41) is 9.02. The van der Waals surface area contributed by atoms with Gasteiger partial charge in [-0.05, 0) is 43.0 Å². The molecule has 7 nitrogen and oxygen atoms in total. The Labute approximate surface area is 196 Å². The number of anilines is 1. The molecule has 0 aliphatic carbocycles. The monoisotopic (exact) mass is 471 g/mol. The van der Waals surface area contributed by atoms with Gasteiger partial charge in [0.1, 0.15) is 11.4 Å². The molecule has 178 valence electrons. The van der Waals surface area contributed by atoms with Crippen molar-refractivity contribution < 1.29 is 18.3 Å². The lowest BCUT2D eigenvalue weighted by Crippen LogP contribution is -2.51. The molecule has 0 saturated carbocycles. The molecule has 8 heteroatoms. The van der Waals surface area contributed by atoms with Gasteiger partial charge in [-0.3, -0.25) is 4.79 Å². The van der Waals surface area contributed by atoms with Crippen LogP contribution < -0.4 is 4.90 Å². The molecule has 1 unspecified atom stereocenters. The molecule has 2 fully saturated rings. The van der Waals surface area contributed by atoms with Crippen molar-refractivity contribution in [3.05, 3.63) is 65.7 Å². The van der Waals surface area contributed by atoms with Gasteiger partial charge in [0.25, 0.3) is 5.91 Å². The van der Waals surface area contributed by atoms with Gasteiger partial charge in [0, 0.05) is 45.0 Å². The molecule has 2 saturated heterocycles. The van der Waals surface area contributed by atoms with Gasteiger partial charge in [-0.2, -0.15) is 4.31 Å². The van der Waals surface area contributed by atoms with Crippen LogP contribution in [0.5, 0.6) is 0 Å². The topological polar surface area (TPSA) is 81.2 Å². The fraction of sp³-hybridized carbons (Fsp3) is 0.480. The second-order valence-electron chi connectivity index (χ2n) is 8.93. The maximum absolute atomic E-state index is 13.5. The lowest BCUT2D eigenvalue weighted by atomic mass is 10.1. The second kappa shape index (κ2) is 10.2. The van der Waals surface area contributed by atoms with Gasteiger partial charge in [-0.25, -0.2) is 8.42 Å². The van der Waals surface area contributed by atoms with Crippen molar-refractivity contribution >= 4 is 21.6 Å². The van der Waals surface area contributed by atoms with E-state index in [1.165, 1.54) is 6.92 Å². The van der Waals surface area contributed by atoms with Gasteiger partial charge in [-0.1, -0.05) is 48.9 Å². The number of aliphatic hydroxyl groups excluding tert-OH is 1. The quantitative estimate of drug-likeness (QED) is 0.725. The van der Waals surface area contributed by atoms with Crippen LogP contribution in [0.1, 0.15) is 42.6 Å². The molecule has 1 N–H and O–H groups in total. The molecule has 4 rings (SSSR count). The highest BCUT2D eigenvalue weighted by Crippen LogP contribution is 2.34. The average molecular weight is 472 g/mol. The normalized spacial score (nSPS) is 22.5. The van der Waals surface area contributed by atoms with E-state index in [1.807, 2.05) is 54.6 Å². The van der Waals surface area contributed by atoms with E-state index in [0.29, 0.717) is 45.7 Å². The number of hydrogen-bond acceptors (Lipinski definition) is 5. The molecule has 33 heavy (non-hydrogen) atoms. The Morgan fingerprint density at radius 3 is 2.27 bits per heavy atom. The predicted octanol–water partition coefficient (Wildman–Crippen LogP) is 2.77. The van der Waals surface area contributed by atoms with Gasteiger partial charge in [0.15, 0.2) is 0 Å². The first-order valence-corrected chi connectivity index (χ1v) is 13.2. The van der Waals surface area contributed by atoms with E-state index in [0.717, 1.165) is 29.7 Å². The number of hydrogen-bond donors (Lipinski definition) is 1. The van der Waals surface area contributed by atoms with Crippen LogP contribution in [0.15, 0.2) is 54.6 Å². The molecule has 1 amide bonds. The molecule has 2 aliphatic heterocycles. The van der Waals surface area contributed by atoms with Crippen LogP contribution in [0.4, 0.5) is 5.69 Å². The highest BCUT2D eigenvalue weighted by atomic mass is 32.2. The zero-order valence-corrected chi connectivity index (χ0v) is 20.0. The Hall–Kier alpha value is -2.42. The summed E-state index contributed by atoms with van der Waals surface area (Å²) in [4.78, 5) is 15.9. The van der Waals surface area contributed by atoms with E-state index in [1.54, 1.807) is 9.21 Å². The Balaban J connectivity index is 1.42. The SMILES string of the molecule is C[C@@H](O)C(=O)N1CCN(c2ccc(CN3CCCCC(c4ccccc4)S3(=O)=O)cc2)CC1. The zero-order chi connectivity index (χ0) is 23.4. The second-order valence-corrected chi connectivity index (χ2v) is 11.0. The molecule has 0 aromatic heterocycles. The van der Waals surface area contributed by atoms with E-state index in [-0.39, 0.29) is 5.91 Å². The fourth-order valence-electron chi connectivity index (χ4n) is 4.71. The smallest absolute Gasteiger partial charge is 0.251 e. The van der Waals surface area contributed by atoms with E-state index >= 15 is 0 Å². The predicted molar refractivity (Wildman–Crippen MR) is 129 cm³/mol. The first-order valence-electron chi connectivity index (χ1n) is 11.7. The molecule has 0 bridgehead atoms. The van der Waals surface area contributed by atoms with Crippen LogP contribution in [0, 0.1) is 0 Å². The Bertz CT molecular complexity index is 1030. The third-order valence-corrected chi connectivity index (χ3v) is 8.88. The molecular weight excluding hydrogens is 438 g/mol. The summed E-state index contributed by atoms with van der Waals surface area (Å²) in [6.45, 7) is 5.00. The standard InChI is InChI=1S/C25H33N3O4S/c1-20(29)25(30)27-17-15-26(16-18-27)23-12-10-21(11-13-23)19-28-14-6-5-9-24(33(28,31)32)22-7-3-2-4-8-22/h2-4,7-8,10-13,20,24,29H,5-6,9,14-19H2,1H3/t20-,24?/m1/s1. The van der Waals surface area contributed by atoms with Crippen molar-refractivity contribution in [2.45, 2.75) is 44.1 Å². The fourth-order valence-corrected chi connectivity index (χ4v) is 6.75. The first kappa shape index (κ1) is 23.7. The summed E-state index contributed by atoms with van der Waals surface area (Å²) >= 11 is 0. The summed E-state index contributed by atoms with van der Waals surface area (Å²) in [6, 6.07) is 17.6. The number of aliphatic hydroxyl groups is 1. The third kappa shape index (κ3) is 5.39. The average Bonchev–Trinajstić information content (AvgIpc) is 2.97. The minimum Gasteiger partial charge on any atom is -0.384 e. The lowest BCUT2D eigenvalue weighted by molar-refractivity contribution is -0.139. The Morgan fingerprint density at radius 2 is 1.64 bits per heavy atom. The molecule has 0 spiro atoms. The van der Waals surface area contributed by atoms with E-state index < -0.39 is 21.4 Å². The van der Waals surface area contributed by atoms with Gasteiger partial charge in [0.05, 0.1) is 0 Å². The molecule has 2 atom stereocenters. The van der Waals surface area contributed by atoms with Gasteiger partial charge < -0.3 is 14.9 Å². The summed E-state index contributed by atoms with van der Waals surface area (Å²) < 4.78 is 28.6. The van der Waals surface area contributed by atoms with Gasteiger partial charge in [0.2, 0.25) is 10.0 Å². The first-order chi connectivity index (χ1) is 15.9. The molecule has 2 aromatic carbocycles. The highest BCUT2D eigenvalue weighted by Gasteiger charge is 2.35. The van der Waals surface area contributed by atoms with Crippen molar-refractivity contribution in [1.29, 1.82) is 0 Å². The van der Waals surface area contributed by atoms with Crippen molar-refractivity contribution in [3.8, 4) is 0 Å². The number of rotatable bonds is 5. The maximum atomic E-state index is 13.5. The number of benzene rings is 2. The number of amides is 1. The molecule has 0 radical (unpaired) electrons. The number of carbonyl (C=O) groups excluding carboxylic acids is 1. The van der Waals surface area contributed by atoms with Gasteiger partial charge in [-0.15, -0.1) is 0 Å². The number of sulfonamides is 1. The summed E-state index contributed by atoms with van der Waals surface area (Å²) in [6.07, 6.45) is 1.46. The van der Waals surface area contributed by atoms with Crippen LogP contribution in [-0.4, -0.2) is 67.5 Å². The van der Waals surface area contributed by atoms with E-state index in [9.17, 15) is 18.3 Å². The minimum atomic E-state index is -3.44. The van der Waals surface area contributed by atoms with Crippen molar-refractivity contribution in [3.63, 3.8) is 0 Å². The van der Waals surface area contributed by atoms with Crippen LogP contribution in [-0.2, 0) is 21.4 Å². The summed E-state index contributed by atoms with van der Waals surface area (Å²) in [7, 11) is -3.44. The Morgan fingerprint density at radius 1 is 0.970 bits per heavy atom. The minimum absolute atomic E-state index is 0.225. The maximum Gasteiger partial charge on any atom is 0.251 e. The highest BCUT2D eigenvalue weighted by molar-refractivity contribution is 7.89. The van der Waals surface area contributed by atoms with Crippen LogP contribution in [0.25, 0.3) is 0 Å². The van der Waals surface area contributed by atoms with Crippen LogP contribution >= 0.6 is 0 Å². The van der Waals surface area contributed by atoms with Crippen molar-refractivity contribution in [1.82, 2.24) is 9.21 Å². The molecule has 2 heterocycles. The Kier molecular flexibility index (Phi) is 7.36. The van der Waals surface area contributed by atoms with Crippen LogP contribution in [0.2, 0.25) is 0 Å². The number of piperazine rings is 1. The summed E-state index contributed by atoms with van der Waals surface area (Å²) in [5.74, 6) is -0.225. The van der Waals surface area contributed by atoms with E-state index in [4.69, 9.17) is 0 Å². The number of nitrogens with zero attached hydrogens (tertiary/aromatic N) is 3.